The molecule has 0 fully saturated rings. The molecule has 3 aromatic rings. The number of rotatable bonds is 5. The van der Waals surface area contributed by atoms with Crippen molar-refractivity contribution in [2.75, 3.05) is 0 Å². The normalized spacial score (nSPS) is 11.2. The topological polar surface area (TPSA) is 81.1 Å². The van der Waals surface area contributed by atoms with Crippen LogP contribution in [-0.2, 0) is 21.2 Å². The minimum absolute atomic E-state index is 0.0519. The highest BCUT2D eigenvalue weighted by Crippen LogP contribution is 2.14. The third-order valence-electron chi connectivity index (χ3n) is 3.55. The molecule has 25 heavy (non-hydrogen) atoms. The van der Waals surface area contributed by atoms with Gasteiger partial charge in [0.15, 0.2) is 0 Å². The van der Waals surface area contributed by atoms with E-state index in [9.17, 15) is 13.2 Å². The van der Waals surface area contributed by atoms with Crippen molar-refractivity contribution in [3.05, 3.63) is 78.1 Å². The molecular formula is C18H17N3O3S. The van der Waals surface area contributed by atoms with Gasteiger partial charge in [0.05, 0.1) is 28.4 Å². The van der Waals surface area contributed by atoms with Crippen LogP contribution in [-0.4, -0.2) is 24.1 Å². The molecule has 0 atom stereocenters. The molecule has 1 N–H and O–H groups in total. The fourth-order valence-electron chi connectivity index (χ4n) is 2.48. The second-order valence-electron chi connectivity index (χ2n) is 5.54. The van der Waals surface area contributed by atoms with Gasteiger partial charge in [0.2, 0.25) is 5.91 Å². The average molecular weight is 355 g/mol. The third kappa shape index (κ3) is 3.95. The lowest BCUT2D eigenvalue weighted by molar-refractivity contribution is -0.118. The molecule has 0 saturated heterocycles. The second kappa shape index (κ2) is 6.90. The maximum atomic E-state index is 12.3. The van der Waals surface area contributed by atoms with Crippen LogP contribution in [0.1, 0.15) is 11.4 Å². The zero-order chi connectivity index (χ0) is 17.9. The smallest absolute Gasteiger partial charge is 0.264 e. The lowest BCUT2D eigenvalue weighted by atomic mass is 10.2. The van der Waals surface area contributed by atoms with Gasteiger partial charge in [-0.1, -0.05) is 36.4 Å². The Morgan fingerprint density at radius 2 is 1.64 bits per heavy atom. The summed E-state index contributed by atoms with van der Waals surface area (Å²) in [5.74, 6) is -0.610. The molecule has 0 aliphatic carbocycles. The SMILES string of the molecule is Cc1cc(CC(=O)NS(=O)(=O)c2ccccc2)n(-c2ccccc2)n1. The lowest BCUT2D eigenvalue weighted by Crippen LogP contribution is -2.32. The van der Waals surface area contributed by atoms with Gasteiger partial charge in [-0.25, -0.2) is 17.8 Å². The van der Waals surface area contributed by atoms with Gasteiger partial charge in [0.25, 0.3) is 10.0 Å². The van der Waals surface area contributed by atoms with Gasteiger partial charge in [-0.2, -0.15) is 5.10 Å². The summed E-state index contributed by atoms with van der Waals surface area (Å²) < 4.78 is 28.2. The van der Waals surface area contributed by atoms with Gasteiger partial charge < -0.3 is 0 Å². The standard InChI is InChI=1S/C18H17N3O3S/c1-14-12-16(21(19-14)15-8-4-2-5-9-15)13-18(22)20-25(23,24)17-10-6-3-7-11-17/h2-12H,13H2,1H3,(H,20,22). The largest absolute Gasteiger partial charge is 0.274 e. The molecular weight excluding hydrogens is 338 g/mol. The molecule has 1 aromatic heterocycles. The van der Waals surface area contributed by atoms with Gasteiger partial charge in [0.1, 0.15) is 0 Å². The number of benzene rings is 2. The van der Waals surface area contributed by atoms with Crippen molar-refractivity contribution in [2.24, 2.45) is 0 Å². The zero-order valence-corrected chi connectivity index (χ0v) is 14.4. The number of aromatic nitrogens is 2. The van der Waals surface area contributed by atoms with E-state index in [1.165, 1.54) is 12.1 Å². The molecule has 0 radical (unpaired) electrons. The van der Waals surface area contributed by atoms with Crippen LogP contribution in [0.3, 0.4) is 0 Å². The average Bonchev–Trinajstić information content (AvgIpc) is 2.96. The van der Waals surface area contributed by atoms with Crippen molar-refractivity contribution in [3.63, 3.8) is 0 Å². The summed E-state index contributed by atoms with van der Waals surface area (Å²) in [5, 5.41) is 4.38. The van der Waals surface area contributed by atoms with E-state index in [1.807, 2.05) is 37.3 Å². The van der Waals surface area contributed by atoms with E-state index >= 15 is 0 Å². The molecule has 0 aliphatic heterocycles. The molecule has 1 heterocycles. The minimum atomic E-state index is -3.88. The highest BCUT2D eigenvalue weighted by molar-refractivity contribution is 7.90. The Hall–Kier alpha value is -2.93. The van der Waals surface area contributed by atoms with Crippen molar-refractivity contribution in [1.29, 1.82) is 0 Å². The fraction of sp³-hybridized carbons (Fsp3) is 0.111. The van der Waals surface area contributed by atoms with Crippen LogP contribution in [0.25, 0.3) is 5.69 Å². The lowest BCUT2D eigenvalue weighted by Gasteiger charge is -2.09. The minimum Gasteiger partial charge on any atom is -0.274 e. The van der Waals surface area contributed by atoms with Crippen LogP contribution in [0.2, 0.25) is 0 Å². The number of hydrogen-bond donors (Lipinski definition) is 1. The van der Waals surface area contributed by atoms with Crippen LogP contribution in [0, 0.1) is 6.92 Å². The number of aryl methyl sites for hydroxylation is 1. The van der Waals surface area contributed by atoms with Crippen LogP contribution < -0.4 is 4.72 Å². The monoisotopic (exact) mass is 355 g/mol. The molecule has 1 amide bonds. The van der Waals surface area contributed by atoms with Crippen LogP contribution in [0.4, 0.5) is 0 Å². The van der Waals surface area contributed by atoms with Gasteiger partial charge in [-0.15, -0.1) is 0 Å². The molecule has 0 aliphatic rings. The maximum absolute atomic E-state index is 12.3. The third-order valence-corrected chi connectivity index (χ3v) is 4.94. The number of para-hydroxylation sites is 1. The van der Waals surface area contributed by atoms with Crippen LogP contribution in [0.5, 0.6) is 0 Å². The number of sulfonamides is 1. The molecule has 6 nitrogen and oxygen atoms in total. The summed E-state index contributed by atoms with van der Waals surface area (Å²) in [6.45, 7) is 1.82. The Morgan fingerprint density at radius 3 is 2.28 bits per heavy atom. The fourth-order valence-corrected chi connectivity index (χ4v) is 3.49. The number of nitrogens with zero attached hydrogens (tertiary/aromatic N) is 2. The van der Waals surface area contributed by atoms with Crippen molar-refractivity contribution in [1.82, 2.24) is 14.5 Å². The highest BCUT2D eigenvalue weighted by atomic mass is 32.2. The summed E-state index contributed by atoms with van der Waals surface area (Å²) in [4.78, 5) is 12.3. The van der Waals surface area contributed by atoms with E-state index in [0.717, 1.165) is 11.4 Å². The van der Waals surface area contributed by atoms with Crippen LogP contribution >= 0.6 is 0 Å². The van der Waals surface area contributed by atoms with Gasteiger partial charge >= 0.3 is 0 Å². The Bertz CT molecular complexity index is 981. The van der Waals surface area contributed by atoms with Crippen molar-refractivity contribution < 1.29 is 13.2 Å². The zero-order valence-electron chi connectivity index (χ0n) is 13.6. The van der Waals surface area contributed by atoms with E-state index < -0.39 is 15.9 Å². The summed E-state index contributed by atoms with van der Waals surface area (Å²) in [6.07, 6.45) is -0.0954. The Kier molecular flexibility index (Phi) is 4.67. The van der Waals surface area contributed by atoms with Crippen LogP contribution in [0.15, 0.2) is 71.6 Å². The molecule has 0 spiro atoms. The molecule has 7 heteroatoms. The number of carbonyl (C=O) groups is 1. The van der Waals surface area contributed by atoms with E-state index in [-0.39, 0.29) is 11.3 Å². The molecule has 2 aromatic carbocycles. The first-order valence-electron chi connectivity index (χ1n) is 7.67. The van der Waals surface area contributed by atoms with Gasteiger partial charge in [-0.05, 0) is 37.3 Å². The van der Waals surface area contributed by atoms with E-state index in [4.69, 9.17) is 0 Å². The van der Waals surface area contributed by atoms with Gasteiger partial charge in [-0.3, -0.25) is 4.79 Å². The molecule has 0 saturated carbocycles. The quantitative estimate of drug-likeness (QED) is 0.761. The molecule has 128 valence electrons. The molecule has 3 rings (SSSR count). The Labute approximate surface area is 146 Å². The van der Waals surface area contributed by atoms with Crippen molar-refractivity contribution in [2.45, 2.75) is 18.2 Å². The van der Waals surface area contributed by atoms with Gasteiger partial charge in [0, 0.05) is 0 Å². The maximum Gasteiger partial charge on any atom is 0.264 e. The second-order valence-corrected chi connectivity index (χ2v) is 7.23. The first-order valence-corrected chi connectivity index (χ1v) is 9.16. The van der Waals surface area contributed by atoms with E-state index in [1.54, 1.807) is 28.9 Å². The summed E-state index contributed by atoms with van der Waals surface area (Å²) in [7, 11) is -3.88. The van der Waals surface area contributed by atoms with E-state index in [2.05, 4.69) is 9.82 Å². The first-order chi connectivity index (χ1) is 12.0. The predicted molar refractivity (Wildman–Crippen MR) is 93.8 cm³/mol. The summed E-state index contributed by atoms with van der Waals surface area (Å²) in [6, 6.07) is 18.9. The van der Waals surface area contributed by atoms with Crippen molar-refractivity contribution in [3.8, 4) is 5.69 Å². The number of carbonyl (C=O) groups excluding carboxylic acids is 1. The molecule has 0 bridgehead atoms. The van der Waals surface area contributed by atoms with E-state index in [0.29, 0.717) is 5.69 Å². The summed E-state index contributed by atoms with van der Waals surface area (Å²) in [5.41, 5.74) is 2.17. The Balaban J connectivity index is 1.81. The predicted octanol–water partition coefficient (Wildman–Crippen LogP) is 2.23. The Morgan fingerprint density at radius 1 is 1.04 bits per heavy atom. The number of hydrogen-bond acceptors (Lipinski definition) is 4. The highest BCUT2D eigenvalue weighted by Gasteiger charge is 2.19. The first kappa shape index (κ1) is 16.9. The number of amides is 1. The summed E-state index contributed by atoms with van der Waals surface area (Å²) >= 11 is 0. The number of nitrogens with one attached hydrogen (secondary N) is 1. The molecule has 0 unspecified atom stereocenters. The van der Waals surface area contributed by atoms with Crippen molar-refractivity contribution >= 4 is 15.9 Å².